The molecule has 1 aliphatic heterocycles. The minimum Gasteiger partial charge on any atom is -0.369 e. The molecule has 10 nitrogen and oxygen atoms in total. The van der Waals surface area contributed by atoms with E-state index < -0.39 is 30.9 Å². The third kappa shape index (κ3) is 9.09. The van der Waals surface area contributed by atoms with Gasteiger partial charge in [0.25, 0.3) is 10.1 Å². The number of aliphatic imine (C=N–C) groups is 2. The van der Waals surface area contributed by atoms with Gasteiger partial charge in [0.2, 0.25) is 11.9 Å². The Hall–Kier alpha value is -2.45. The van der Waals surface area contributed by atoms with Gasteiger partial charge in [-0.15, -0.1) is 3.89 Å². The van der Waals surface area contributed by atoms with Gasteiger partial charge >= 0.3 is 10.2 Å². The number of rotatable bonds is 8. The van der Waals surface area contributed by atoms with E-state index in [-0.39, 0.29) is 22.7 Å². The zero-order valence-electron chi connectivity index (χ0n) is 21.0. The molecule has 3 rings (SSSR count). The highest BCUT2D eigenvalue weighted by Crippen LogP contribution is 2.31. The molecule has 0 atom stereocenters. The van der Waals surface area contributed by atoms with Crippen molar-refractivity contribution in [3.63, 3.8) is 0 Å². The molecule has 0 aromatic heterocycles. The van der Waals surface area contributed by atoms with E-state index in [1.165, 1.54) is 19.1 Å². The molecular weight excluding hydrogens is 580 g/mol. The van der Waals surface area contributed by atoms with Gasteiger partial charge < -0.3 is 11.5 Å². The predicted octanol–water partition coefficient (Wildman–Crippen LogP) is 4.30. The maximum atomic E-state index is 13.3. The standard InChI is InChI=1S/C21H24Cl2FN5O2S.C2H6O3S/c1-21(2)28-19(25)27-20(26)29(21)15-9-8-14(17(23)12-15)6-4-3-5-13-7-10-16(22)18(11-13)32(24,30)31;1-2-6(3,4)5/h7-12H,3-6H2,1-2H3,(H4,25,26,27,28);2H2,1H3,(H,3,4,5). The van der Waals surface area contributed by atoms with Gasteiger partial charge in [-0.1, -0.05) is 35.3 Å². The highest BCUT2D eigenvalue weighted by Gasteiger charge is 2.33. The summed E-state index contributed by atoms with van der Waals surface area (Å²) < 4.78 is 62.6. The van der Waals surface area contributed by atoms with Crippen LogP contribution in [0, 0.1) is 0 Å². The molecule has 0 aliphatic carbocycles. The number of unbranched alkanes of at least 4 members (excludes halogenated alkanes) is 1. The first-order valence-electron chi connectivity index (χ1n) is 11.4. The zero-order valence-corrected chi connectivity index (χ0v) is 24.2. The molecular formula is C23H30Cl2FN5O5S2. The quantitative estimate of drug-likeness (QED) is 0.226. The van der Waals surface area contributed by atoms with Gasteiger partial charge in [0.15, 0.2) is 0 Å². The molecule has 1 heterocycles. The highest BCUT2D eigenvalue weighted by atomic mass is 35.5. The molecule has 0 spiro atoms. The van der Waals surface area contributed by atoms with Crippen molar-refractivity contribution in [2.24, 2.45) is 21.5 Å². The molecule has 2 aromatic carbocycles. The van der Waals surface area contributed by atoms with Crippen LogP contribution >= 0.6 is 23.2 Å². The monoisotopic (exact) mass is 609 g/mol. The van der Waals surface area contributed by atoms with Gasteiger partial charge in [-0.3, -0.25) is 9.45 Å². The van der Waals surface area contributed by atoms with E-state index in [1.807, 2.05) is 32.0 Å². The fourth-order valence-corrected chi connectivity index (χ4v) is 4.92. The van der Waals surface area contributed by atoms with Crippen LogP contribution < -0.4 is 16.4 Å². The molecule has 0 unspecified atom stereocenters. The third-order valence-electron chi connectivity index (χ3n) is 5.47. The van der Waals surface area contributed by atoms with Gasteiger partial charge in [0.1, 0.15) is 10.6 Å². The topological polar surface area (TPSA) is 169 Å². The first-order valence-corrected chi connectivity index (χ1v) is 15.2. The van der Waals surface area contributed by atoms with Crippen LogP contribution in [0.1, 0.15) is 44.7 Å². The van der Waals surface area contributed by atoms with Crippen molar-refractivity contribution < 1.29 is 25.3 Å². The van der Waals surface area contributed by atoms with Crippen LogP contribution in [0.15, 0.2) is 51.3 Å². The van der Waals surface area contributed by atoms with Crippen LogP contribution in [0.3, 0.4) is 0 Å². The van der Waals surface area contributed by atoms with Crippen molar-refractivity contribution >= 4 is 61.1 Å². The maximum absolute atomic E-state index is 13.3. The summed E-state index contributed by atoms with van der Waals surface area (Å²) >= 11 is 12.3. The SMILES string of the molecule is CC1(C)N=C(N)N=C(N)N1c1ccc(CCCCc2ccc(Cl)c(S(=O)(=O)F)c2)c(Cl)c1.CCS(=O)(=O)O. The average Bonchev–Trinajstić information content (AvgIpc) is 2.76. The highest BCUT2D eigenvalue weighted by molar-refractivity contribution is 7.86. The fraction of sp³-hybridized carbons (Fsp3) is 0.391. The number of halogens is 3. The Bertz CT molecular complexity index is 1450. The van der Waals surface area contributed by atoms with E-state index in [0.29, 0.717) is 17.0 Å². The zero-order chi connectivity index (χ0) is 28.9. The summed E-state index contributed by atoms with van der Waals surface area (Å²) in [6.07, 6.45) is 2.88. The Morgan fingerprint density at radius 1 is 1.00 bits per heavy atom. The van der Waals surface area contributed by atoms with Crippen molar-refractivity contribution in [3.05, 3.63) is 57.6 Å². The number of benzene rings is 2. The molecule has 0 amide bonds. The van der Waals surface area contributed by atoms with E-state index in [0.717, 1.165) is 30.5 Å². The number of anilines is 1. The Balaban J connectivity index is 0.000000757. The summed E-state index contributed by atoms with van der Waals surface area (Å²) in [5, 5.41) is 0.463. The summed E-state index contributed by atoms with van der Waals surface area (Å²) in [5.74, 6) is 0.167. The van der Waals surface area contributed by atoms with E-state index in [9.17, 15) is 20.7 Å². The summed E-state index contributed by atoms with van der Waals surface area (Å²) in [4.78, 5) is 9.64. The van der Waals surface area contributed by atoms with Crippen LogP contribution in [0.4, 0.5) is 9.57 Å². The number of hydrogen-bond donors (Lipinski definition) is 3. The maximum Gasteiger partial charge on any atom is 0.333 e. The Morgan fingerprint density at radius 2 is 1.61 bits per heavy atom. The summed E-state index contributed by atoms with van der Waals surface area (Å²) in [6, 6.07) is 10.0. The van der Waals surface area contributed by atoms with Crippen molar-refractivity contribution in [2.45, 2.75) is 57.0 Å². The molecule has 0 fully saturated rings. The van der Waals surface area contributed by atoms with Gasteiger partial charge in [-0.2, -0.15) is 21.8 Å². The first-order chi connectivity index (χ1) is 17.4. The van der Waals surface area contributed by atoms with Crippen molar-refractivity contribution in [1.29, 1.82) is 0 Å². The lowest BCUT2D eigenvalue weighted by molar-refractivity contribution is 0.484. The number of hydrogen-bond acceptors (Lipinski definition) is 9. The summed E-state index contributed by atoms with van der Waals surface area (Å²) in [5.41, 5.74) is 13.5. The molecule has 210 valence electrons. The van der Waals surface area contributed by atoms with E-state index >= 15 is 0 Å². The smallest absolute Gasteiger partial charge is 0.333 e. The van der Waals surface area contributed by atoms with Crippen molar-refractivity contribution in [1.82, 2.24) is 0 Å². The lowest BCUT2D eigenvalue weighted by Crippen LogP contribution is -2.54. The average molecular weight is 611 g/mol. The molecule has 0 bridgehead atoms. The lowest BCUT2D eigenvalue weighted by Gasteiger charge is -2.38. The van der Waals surface area contributed by atoms with Crippen LogP contribution in [0.5, 0.6) is 0 Å². The molecule has 5 N–H and O–H groups in total. The second-order valence-corrected chi connectivity index (χ2v) is 12.7. The number of nitrogens with two attached hydrogens (primary N) is 2. The lowest BCUT2D eigenvalue weighted by atomic mass is 10.0. The predicted molar refractivity (Wildman–Crippen MR) is 150 cm³/mol. The fourth-order valence-electron chi connectivity index (χ4n) is 3.66. The second kappa shape index (κ2) is 12.6. The Labute approximate surface area is 232 Å². The largest absolute Gasteiger partial charge is 0.369 e. The van der Waals surface area contributed by atoms with E-state index in [2.05, 4.69) is 9.98 Å². The molecule has 38 heavy (non-hydrogen) atoms. The van der Waals surface area contributed by atoms with Gasteiger partial charge in [0, 0.05) is 10.7 Å². The van der Waals surface area contributed by atoms with Crippen LogP contribution in [0.25, 0.3) is 0 Å². The van der Waals surface area contributed by atoms with Gasteiger partial charge in [-0.05, 0) is 81.8 Å². The second-order valence-electron chi connectivity index (χ2n) is 8.83. The van der Waals surface area contributed by atoms with Crippen molar-refractivity contribution in [2.75, 3.05) is 10.7 Å². The summed E-state index contributed by atoms with van der Waals surface area (Å²) in [6.45, 7) is 5.12. The normalized spacial score (nSPS) is 15.3. The Kier molecular flexibility index (Phi) is 10.5. The van der Waals surface area contributed by atoms with Gasteiger partial charge in [0.05, 0.1) is 10.8 Å². The molecule has 1 aliphatic rings. The van der Waals surface area contributed by atoms with Crippen LogP contribution in [-0.4, -0.2) is 44.7 Å². The minimum absolute atomic E-state index is 0.126. The van der Waals surface area contributed by atoms with E-state index in [1.54, 1.807) is 11.0 Å². The summed E-state index contributed by atoms with van der Waals surface area (Å²) in [7, 11) is -8.51. The minimum atomic E-state index is -4.85. The van der Waals surface area contributed by atoms with Crippen molar-refractivity contribution in [3.8, 4) is 0 Å². The Morgan fingerprint density at radius 3 is 2.13 bits per heavy atom. The third-order valence-corrected chi connectivity index (χ3v) is 7.86. The molecule has 0 saturated carbocycles. The number of guanidine groups is 2. The van der Waals surface area contributed by atoms with Crippen LogP contribution in [0.2, 0.25) is 10.0 Å². The molecule has 15 heteroatoms. The molecule has 0 saturated heterocycles. The molecule has 2 aromatic rings. The number of nitrogens with zero attached hydrogens (tertiary/aromatic N) is 3. The van der Waals surface area contributed by atoms with Crippen LogP contribution in [-0.2, 0) is 33.2 Å². The first kappa shape index (κ1) is 31.8. The number of aryl methyl sites for hydroxylation is 2. The van der Waals surface area contributed by atoms with Gasteiger partial charge in [-0.25, -0.2) is 4.99 Å². The molecule has 0 radical (unpaired) electrons. The van der Waals surface area contributed by atoms with E-state index in [4.69, 9.17) is 39.2 Å².